The molecule has 0 aliphatic carbocycles. The van der Waals surface area contributed by atoms with E-state index in [1.807, 2.05) is 0 Å². The van der Waals surface area contributed by atoms with Crippen molar-refractivity contribution in [2.45, 2.75) is 64.5 Å². The number of hydrogen-bond acceptors (Lipinski definition) is 11. The molecule has 0 radical (unpaired) electrons. The van der Waals surface area contributed by atoms with Crippen LogP contribution in [-0.2, 0) is 38.1 Å². The zero-order valence-corrected chi connectivity index (χ0v) is 21.0. The van der Waals surface area contributed by atoms with Crippen LogP contribution in [0.4, 0.5) is 13.2 Å². The highest BCUT2D eigenvalue weighted by Crippen LogP contribution is 2.31. The van der Waals surface area contributed by atoms with E-state index >= 15 is 0 Å². The summed E-state index contributed by atoms with van der Waals surface area (Å²) in [4.78, 5) is 58.9. The van der Waals surface area contributed by atoms with Crippen molar-refractivity contribution in [3.63, 3.8) is 0 Å². The second-order valence-corrected chi connectivity index (χ2v) is 8.51. The zero-order valence-electron chi connectivity index (χ0n) is 21.0. The van der Waals surface area contributed by atoms with Crippen molar-refractivity contribution >= 4 is 34.8 Å². The van der Waals surface area contributed by atoms with Gasteiger partial charge in [0, 0.05) is 38.3 Å². The Labute approximate surface area is 218 Å². The van der Waals surface area contributed by atoms with Crippen LogP contribution in [0.3, 0.4) is 0 Å². The number of benzene rings is 1. The molecule has 15 heteroatoms. The van der Waals surface area contributed by atoms with Crippen LogP contribution in [0, 0.1) is 6.92 Å². The van der Waals surface area contributed by atoms with Crippen LogP contribution in [-0.4, -0.2) is 67.2 Å². The fourth-order valence-electron chi connectivity index (χ4n) is 3.90. The Balaban J connectivity index is 2.08. The maximum atomic E-state index is 13.2. The molecule has 1 amide bonds. The minimum atomic E-state index is -5.36. The van der Waals surface area contributed by atoms with Crippen molar-refractivity contribution in [3.05, 3.63) is 40.2 Å². The van der Waals surface area contributed by atoms with E-state index in [2.05, 4.69) is 0 Å². The van der Waals surface area contributed by atoms with E-state index in [0.29, 0.717) is 10.9 Å². The summed E-state index contributed by atoms with van der Waals surface area (Å²) < 4.78 is 71.5. The number of hydrogen-bond donors (Lipinski definition) is 1. The lowest BCUT2D eigenvalue weighted by Crippen LogP contribution is -2.68. The van der Waals surface area contributed by atoms with Crippen LogP contribution < -0.4 is 15.7 Å². The van der Waals surface area contributed by atoms with Gasteiger partial charge in [0.1, 0.15) is 30.1 Å². The van der Waals surface area contributed by atoms with Crippen molar-refractivity contribution in [1.82, 2.24) is 5.32 Å². The molecule has 0 spiro atoms. The van der Waals surface area contributed by atoms with Crippen LogP contribution in [0.1, 0.15) is 26.3 Å². The first kappa shape index (κ1) is 29.4. The number of nitrogens with one attached hydrogen (secondary N) is 1. The third-order valence-corrected chi connectivity index (χ3v) is 5.43. The standard InChI is InChI=1S/C24H24F3NO11/c1-10-7-18(32)38-16-8-14(5-6-15(10)16)37-22-19(28-23(33)24(25,26)27)21(36-13(4)31)20(35-12(3)30)17(39-22)9-34-11(2)29/h5-8,17,19-22H,9H2,1-4H3,(H,28,33). The molecule has 3 rings (SSSR count). The van der Waals surface area contributed by atoms with Crippen molar-refractivity contribution in [2.24, 2.45) is 0 Å². The minimum Gasteiger partial charge on any atom is -0.463 e. The maximum absolute atomic E-state index is 13.2. The molecule has 1 aromatic carbocycles. The van der Waals surface area contributed by atoms with Crippen molar-refractivity contribution in [2.75, 3.05) is 6.61 Å². The average molecular weight is 559 g/mol. The molecule has 1 N–H and O–H groups in total. The second-order valence-electron chi connectivity index (χ2n) is 8.51. The lowest BCUT2D eigenvalue weighted by molar-refractivity contribution is -0.258. The number of ether oxygens (including phenoxy) is 5. The van der Waals surface area contributed by atoms with Gasteiger partial charge in [-0.2, -0.15) is 13.2 Å². The number of amides is 1. The Hall–Kier alpha value is -4.14. The van der Waals surface area contributed by atoms with Crippen LogP contribution >= 0.6 is 0 Å². The van der Waals surface area contributed by atoms with Gasteiger partial charge in [-0.25, -0.2) is 4.79 Å². The summed E-state index contributed by atoms with van der Waals surface area (Å²) in [6, 6.07) is 3.53. The topological polar surface area (TPSA) is 157 Å². The molecule has 1 aliphatic heterocycles. The number of carbonyl (C=O) groups excluding carboxylic acids is 4. The predicted octanol–water partition coefficient (Wildman–Crippen LogP) is 1.68. The number of alkyl halides is 3. The summed E-state index contributed by atoms with van der Waals surface area (Å²) in [7, 11) is 0. The van der Waals surface area contributed by atoms with Gasteiger partial charge in [0.15, 0.2) is 12.2 Å². The number of halogens is 3. The molecule has 39 heavy (non-hydrogen) atoms. The zero-order chi connectivity index (χ0) is 29.1. The molecular formula is C24H24F3NO11. The molecular weight excluding hydrogens is 535 g/mol. The third kappa shape index (κ3) is 7.46. The summed E-state index contributed by atoms with van der Waals surface area (Å²) in [5.41, 5.74) is -0.00502. The molecule has 1 aliphatic rings. The molecule has 1 fully saturated rings. The van der Waals surface area contributed by atoms with Gasteiger partial charge in [0.05, 0.1) is 0 Å². The normalized spacial score (nSPS) is 23.0. The summed E-state index contributed by atoms with van der Waals surface area (Å²) in [5.74, 6) is -5.21. The van der Waals surface area contributed by atoms with Crippen molar-refractivity contribution in [3.8, 4) is 5.75 Å². The largest absolute Gasteiger partial charge is 0.471 e. The first-order valence-corrected chi connectivity index (χ1v) is 11.4. The highest BCUT2D eigenvalue weighted by Gasteiger charge is 2.54. The molecule has 212 valence electrons. The van der Waals surface area contributed by atoms with E-state index in [4.69, 9.17) is 28.1 Å². The molecule has 1 saturated heterocycles. The summed E-state index contributed by atoms with van der Waals surface area (Å²) >= 11 is 0. The van der Waals surface area contributed by atoms with Crippen LogP contribution in [0.5, 0.6) is 5.75 Å². The lowest BCUT2D eigenvalue weighted by Gasteiger charge is -2.44. The molecule has 0 bridgehead atoms. The first-order valence-electron chi connectivity index (χ1n) is 11.4. The number of carbonyl (C=O) groups is 4. The maximum Gasteiger partial charge on any atom is 0.471 e. The summed E-state index contributed by atoms with van der Waals surface area (Å²) in [6.07, 6.45) is -12.0. The Bertz CT molecular complexity index is 1320. The SMILES string of the molecule is CC(=O)OCC1OC(Oc2ccc3c(C)cc(=O)oc3c2)C(NC(=O)C(F)(F)F)C(OC(C)=O)C1OC(C)=O. The molecule has 0 saturated carbocycles. The van der Waals surface area contributed by atoms with Crippen LogP contribution in [0.2, 0.25) is 0 Å². The Kier molecular flexibility index (Phi) is 8.84. The quantitative estimate of drug-likeness (QED) is 0.299. The first-order chi connectivity index (χ1) is 18.1. The third-order valence-electron chi connectivity index (χ3n) is 5.43. The van der Waals surface area contributed by atoms with Gasteiger partial charge in [0.25, 0.3) is 0 Å². The van der Waals surface area contributed by atoms with Crippen LogP contribution in [0.25, 0.3) is 11.0 Å². The highest BCUT2D eigenvalue weighted by molar-refractivity contribution is 5.82. The van der Waals surface area contributed by atoms with Gasteiger partial charge >= 0.3 is 35.6 Å². The minimum absolute atomic E-state index is 0.0775. The lowest BCUT2D eigenvalue weighted by atomic mass is 9.96. The smallest absolute Gasteiger partial charge is 0.463 e. The highest BCUT2D eigenvalue weighted by atomic mass is 19.4. The van der Waals surface area contributed by atoms with E-state index in [1.54, 1.807) is 12.2 Å². The number of fused-ring (bicyclic) bond motifs is 1. The molecule has 12 nitrogen and oxygen atoms in total. The van der Waals surface area contributed by atoms with Crippen molar-refractivity contribution < 1.29 is 60.5 Å². The van der Waals surface area contributed by atoms with E-state index in [-0.39, 0.29) is 11.3 Å². The van der Waals surface area contributed by atoms with E-state index in [0.717, 1.165) is 20.8 Å². The number of aryl methyl sites for hydroxylation is 1. The van der Waals surface area contributed by atoms with Gasteiger partial charge in [-0.15, -0.1) is 0 Å². The van der Waals surface area contributed by atoms with Crippen LogP contribution in [0.15, 0.2) is 33.5 Å². The summed E-state index contributed by atoms with van der Waals surface area (Å²) in [6.45, 7) is 4.05. The molecule has 2 aromatic rings. The Morgan fingerprint density at radius 3 is 2.21 bits per heavy atom. The number of esters is 3. The van der Waals surface area contributed by atoms with Gasteiger partial charge < -0.3 is 33.4 Å². The fourth-order valence-corrected chi connectivity index (χ4v) is 3.90. The second kappa shape index (κ2) is 11.7. The van der Waals surface area contributed by atoms with E-state index < -0.39 is 72.9 Å². The number of rotatable bonds is 7. The average Bonchev–Trinajstić information content (AvgIpc) is 2.79. The van der Waals surface area contributed by atoms with Crippen molar-refractivity contribution in [1.29, 1.82) is 0 Å². The van der Waals surface area contributed by atoms with Gasteiger partial charge in [-0.1, -0.05) is 0 Å². The van der Waals surface area contributed by atoms with Gasteiger partial charge in [-0.05, 0) is 24.6 Å². The van der Waals surface area contributed by atoms with Gasteiger partial charge in [-0.3, -0.25) is 19.2 Å². The van der Waals surface area contributed by atoms with E-state index in [1.165, 1.54) is 24.3 Å². The summed E-state index contributed by atoms with van der Waals surface area (Å²) in [5, 5.41) is 2.20. The predicted molar refractivity (Wildman–Crippen MR) is 122 cm³/mol. The molecule has 5 unspecified atom stereocenters. The van der Waals surface area contributed by atoms with E-state index in [9.17, 15) is 37.1 Å². The molecule has 2 heterocycles. The fraction of sp³-hybridized carbons (Fsp3) is 0.458. The van der Waals surface area contributed by atoms with Gasteiger partial charge in [0.2, 0.25) is 6.29 Å². The monoisotopic (exact) mass is 559 g/mol. The molecule has 1 aromatic heterocycles. The Morgan fingerprint density at radius 1 is 0.974 bits per heavy atom. The molecule has 5 atom stereocenters. The Morgan fingerprint density at radius 2 is 1.62 bits per heavy atom.